The second-order valence-electron chi connectivity index (χ2n) is 5.35. The molecular formula is C14H23N3O3S. The molecule has 0 saturated heterocycles. The Morgan fingerprint density at radius 2 is 1.67 bits per heavy atom. The highest BCUT2D eigenvalue weighted by Gasteiger charge is 2.13. The number of carbonyl (C=O) groups is 1. The summed E-state index contributed by atoms with van der Waals surface area (Å²) in [4.78, 5) is 11.3. The van der Waals surface area contributed by atoms with Gasteiger partial charge in [0.15, 0.2) is 0 Å². The molecule has 0 fully saturated rings. The van der Waals surface area contributed by atoms with Crippen LogP contribution < -0.4 is 15.8 Å². The van der Waals surface area contributed by atoms with Gasteiger partial charge in [-0.25, -0.2) is 13.1 Å². The minimum absolute atomic E-state index is 0.0579. The summed E-state index contributed by atoms with van der Waals surface area (Å²) in [5.41, 5.74) is 7.04. The lowest BCUT2D eigenvalue weighted by atomic mass is 10.1. The molecule has 0 saturated carbocycles. The molecule has 1 amide bonds. The summed E-state index contributed by atoms with van der Waals surface area (Å²) >= 11 is 0. The van der Waals surface area contributed by atoms with Crippen LogP contribution in [0.1, 0.15) is 31.9 Å². The molecule has 7 heteroatoms. The molecule has 0 spiro atoms. The maximum absolute atomic E-state index is 11.8. The quantitative estimate of drug-likeness (QED) is 0.681. The van der Waals surface area contributed by atoms with Gasteiger partial charge in [-0.15, -0.1) is 0 Å². The summed E-state index contributed by atoms with van der Waals surface area (Å²) in [6.45, 7) is 5.55. The number of hydrogen-bond acceptors (Lipinski definition) is 4. The Labute approximate surface area is 126 Å². The molecule has 0 aliphatic carbocycles. The molecule has 1 aromatic rings. The van der Waals surface area contributed by atoms with Crippen LogP contribution in [-0.4, -0.2) is 26.4 Å². The lowest BCUT2D eigenvalue weighted by Gasteiger charge is -2.10. The number of carbonyl (C=O) groups excluding carboxylic acids is 1. The first kappa shape index (κ1) is 17.6. The minimum atomic E-state index is -3.32. The molecular weight excluding hydrogens is 290 g/mol. The van der Waals surface area contributed by atoms with Gasteiger partial charge in [-0.3, -0.25) is 4.79 Å². The molecule has 0 aliphatic rings. The molecule has 0 aliphatic heterocycles. The van der Waals surface area contributed by atoms with Gasteiger partial charge in [-0.1, -0.05) is 24.3 Å². The molecule has 1 aromatic carbocycles. The van der Waals surface area contributed by atoms with Gasteiger partial charge in [-0.05, 0) is 31.9 Å². The summed E-state index contributed by atoms with van der Waals surface area (Å²) in [6.07, 6.45) is 0. The van der Waals surface area contributed by atoms with Crippen molar-refractivity contribution in [2.45, 2.75) is 45.2 Å². The predicted octanol–water partition coefficient (Wildman–Crippen LogP) is 0.478. The average molecular weight is 313 g/mol. The molecule has 118 valence electrons. The minimum Gasteiger partial charge on any atom is -0.351 e. The van der Waals surface area contributed by atoms with Crippen molar-refractivity contribution in [2.75, 3.05) is 0 Å². The summed E-state index contributed by atoms with van der Waals surface area (Å²) in [5, 5.41) is 2.70. The fourth-order valence-corrected chi connectivity index (χ4v) is 3.16. The van der Waals surface area contributed by atoms with E-state index in [9.17, 15) is 13.2 Å². The summed E-state index contributed by atoms with van der Waals surface area (Å²) in [7, 11) is -3.32. The first-order valence-electron chi connectivity index (χ1n) is 6.81. The fourth-order valence-electron chi connectivity index (χ4n) is 1.72. The van der Waals surface area contributed by atoms with E-state index in [-0.39, 0.29) is 17.7 Å². The van der Waals surface area contributed by atoms with Crippen molar-refractivity contribution in [3.8, 4) is 0 Å². The Morgan fingerprint density at radius 3 is 2.14 bits per heavy atom. The van der Waals surface area contributed by atoms with Crippen LogP contribution >= 0.6 is 0 Å². The van der Waals surface area contributed by atoms with Crippen LogP contribution in [0.4, 0.5) is 0 Å². The van der Waals surface area contributed by atoms with Crippen LogP contribution in [-0.2, 0) is 27.1 Å². The van der Waals surface area contributed by atoms with E-state index in [1.807, 2.05) is 0 Å². The lowest BCUT2D eigenvalue weighted by Crippen LogP contribution is -2.37. The SMILES string of the molecule is CC(C)NS(=O)(=O)Cc1ccc(CNC(=O)[C@@H](C)N)cc1. The first-order chi connectivity index (χ1) is 9.69. The zero-order valence-corrected chi connectivity index (χ0v) is 13.4. The first-order valence-corrected chi connectivity index (χ1v) is 8.46. The smallest absolute Gasteiger partial charge is 0.236 e. The molecule has 1 rings (SSSR count). The van der Waals surface area contributed by atoms with E-state index in [1.54, 1.807) is 45.0 Å². The Kier molecular flexibility index (Phi) is 6.32. The van der Waals surface area contributed by atoms with E-state index in [0.717, 1.165) is 5.56 Å². The highest BCUT2D eigenvalue weighted by Crippen LogP contribution is 2.08. The normalized spacial score (nSPS) is 13.2. The van der Waals surface area contributed by atoms with Gasteiger partial charge in [0.25, 0.3) is 0 Å². The van der Waals surface area contributed by atoms with Crippen molar-refractivity contribution in [3.05, 3.63) is 35.4 Å². The van der Waals surface area contributed by atoms with Gasteiger partial charge in [0.2, 0.25) is 15.9 Å². The predicted molar refractivity (Wildman–Crippen MR) is 82.8 cm³/mol. The number of nitrogens with one attached hydrogen (secondary N) is 2. The number of nitrogens with two attached hydrogens (primary N) is 1. The maximum Gasteiger partial charge on any atom is 0.236 e. The lowest BCUT2D eigenvalue weighted by molar-refractivity contribution is -0.122. The van der Waals surface area contributed by atoms with Gasteiger partial charge in [0.05, 0.1) is 11.8 Å². The Hall–Kier alpha value is -1.44. The number of rotatable bonds is 7. The van der Waals surface area contributed by atoms with E-state index in [0.29, 0.717) is 12.1 Å². The van der Waals surface area contributed by atoms with E-state index < -0.39 is 16.1 Å². The molecule has 0 unspecified atom stereocenters. The van der Waals surface area contributed by atoms with Crippen molar-refractivity contribution >= 4 is 15.9 Å². The number of benzene rings is 1. The number of hydrogen-bond donors (Lipinski definition) is 3. The van der Waals surface area contributed by atoms with Crippen molar-refractivity contribution in [2.24, 2.45) is 5.73 Å². The van der Waals surface area contributed by atoms with Gasteiger partial charge in [0, 0.05) is 12.6 Å². The zero-order chi connectivity index (χ0) is 16.0. The summed E-state index contributed by atoms with van der Waals surface area (Å²) in [6, 6.07) is 6.41. The van der Waals surface area contributed by atoms with Crippen molar-refractivity contribution in [1.82, 2.24) is 10.0 Å². The molecule has 21 heavy (non-hydrogen) atoms. The second kappa shape index (κ2) is 7.53. The number of sulfonamides is 1. The highest BCUT2D eigenvalue weighted by molar-refractivity contribution is 7.88. The van der Waals surface area contributed by atoms with Crippen LogP contribution in [0.15, 0.2) is 24.3 Å². The van der Waals surface area contributed by atoms with Crippen molar-refractivity contribution < 1.29 is 13.2 Å². The molecule has 0 aromatic heterocycles. The second-order valence-corrected chi connectivity index (χ2v) is 7.11. The van der Waals surface area contributed by atoms with Gasteiger partial charge < -0.3 is 11.1 Å². The Morgan fingerprint density at radius 1 is 1.14 bits per heavy atom. The van der Waals surface area contributed by atoms with Gasteiger partial charge in [0.1, 0.15) is 0 Å². The van der Waals surface area contributed by atoms with Crippen LogP contribution in [0.25, 0.3) is 0 Å². The molecule has 0 radical (unpaired) electrons. The molecule has 6 nitrogen and oxygen atoms in total. The third-order valence-corrected chi connectivity index (χ3v) is 4.22. The van der Waals surface area contributed by atoms with Crippen LogP contribution in [0.3, 0.4) is 0 Å². The molecule has 0 heterocycles. The Bertz CT molecular complexity index is 566. The largest absolute Gasteiger partial charge is 0.351 e. The van der Waals surface area contributed by atoms with E-state index in [2.05, 4.69) is 10.0 Å². The van der Waals surface area contributed by atoms with Crippen molar-refractivity contribution in [3.63, 3.8) is 0 Å². The Balaban J connectivity index is 2.60. The molecule has 4 N–H and O–H groups in total. The fraction of sp³-hybridized carbons (Fsp3) is 0.500. The zero-order valence-electron chi connectivity index (χ0n) is 12.6. The number of amides is 1. The maximum atomic E-state index is 11.8. The third-order valence-electron chi connectivity index (χ3n) is 2.68. The summed E-state index contributed by atoms with van der Waals surface area (Å²) in [5.74, 6) is -0.278. The van der Waals surface area contributed by atoms with E-state index in [1.165, 1.54) is 0 Å². The van der Waals surface area contributed by atoms with E-state index in [4.69, 9.17) is 5.73 Å². The standard InChI is InChI=1S/C14H23N3O3S/c1-10(2)17-21(19,20)9-13-6-4-12(5-7-13)8-16-14(18)11(3)15/h4-7,10-11,17H,8-9,15H2,1-3H3,(H,16,18)/t11-/m1/s1. The average Bonchev–Trinajstić information content (AvgIpc) is 2.35. The van der Waals surface area contributed by atoms with Crippen molar-refractivity contribution in [1.29, 1.82) is 0 Å². The topological polar surface area (TPSA) is 101 Å². The summed E-state index contributed by atoms with van der Waals surface area (Å²) < 4.78 is 26.1. The highest BCUT2D eigenvalue weighted by atomic mass is 32.2. The molecule has 1 atom stereocenters. The van der Waals surface area contributed by atoms with Gasteiger partial charge in [-0.2, -0.15) is 0 Å². The molecule has 0 bridgehead atoms. The third kappa shape index (κ3) is 6.70. The monoisotopic (exact) mass is 313 g/mol. The van der Waals surface area contributed by atoms with E-state index >= 15 is 0 Å². The van der Waals surface area contributed by atoms with Gasteiger partial charge >= 0.3 is 0 Å². The van der Waals surface area contributed by atoms with Crippen LogP contribution in [0.2, 0.25) is 0 Å². The van der Waals surface area contributed by atoms with Crippen LogP contribution in [0.5, 0.6) is 0 Å². The van der Waals surface area contributed by atoms with Crippen LogP contribution in [0, 0.1) is 0 Å².